The molecule has 1 unspecified atom stereocenters. The zero-order chi connectivity index (χ0) is 15.1. The van der Waals surface area contributed by atoms with Crippen LogP contribution in [0, 0.1) is 6.92 Å². The van der Waals surface area contributed by atoms with E-state index in [0.717, 1.165) is 22.7 Å². The van der Waals surface area contributed by atoms with E-state index in [4.69, 9.17) is 15.3 Å². The van der Waals surface area contributed by atoms with Gasteiger partial charge < -0.3 is 9.47 Å². The molecule has 112 valence electrons. The van der Waals surface area contributed by atoms with E-state index in [1.807, 2.05) is 31.2 Å². The summed E-state index contributed by atoms with van der Waals surface area (Å²) >= 11 is 0. The zero-order valence-corrected chi connectivity index (χ0v) is 12.2. The predicted octanol–water partition coefficient (Wildman–Crippen LogP) is 1.36. The molecule has 1 heterocycles. The quantitative estimate of drug-likeness (QED) is 0.455. The summed E-state index contributed by atoms with van der Waals surface area (Å²) in [7, 11) is 1.64. The highest BCUT2D eigenvalue weighted by molar-refractivity contribution is 5.39. The Morgan fingerprint density at radius 3 is 2.67 bits per heavy atom. The minimum Gasteiger partial charge on any atom is -0.491 e. The largest absolute Gasteiger partial charge is 0.491 e. The summed E-state index contributed by atoms with van der Waals surface area (Å²) < 4.78 is 10.7. The number of hydrazine groups is 1. The first-order valence-corrected chi connectivity index (χ1v) is 6.71. The van der Waals surface area contributed by atoms with E-state index in [2.05, 4.69) is 15.4 Å². The van der Waals surface area contributed by atoms with Crippen molar-refractivity contribution in [3.05, 3.63) is 53.6 Å². The molecule has 1 atom stereocenters. The van der Waals surface area contributed by atoms with Crippen LogP contribution >= 0.6 is 0 Å². The number of hydrogen-bond donors (Lipinski definition) is 2. The van der Waals surface area contributed by atoms with Crippen LogP contribution in [0.15, 0.2) is 36.7 Å². The second-order valence-electron chi connectivity index (χ2n) is 4.56. The first kappa shape index (κ1) is 15.4. The third-order valence-electron chi connectivity index (χ3n) is 3.04. The molecule has 3 N–H and O–H groups in total. The molecule has 0 saturated heterocycles. The molecule has 0 aliphatic carbocycles. The highest BCUT2D eigenvalue weighted by Gasteiger charge is 2.18. The number of para-hydroxylation sites is 1. The smallest absolute Gasteiger partial charge is 0.124 e. The van der Waals surface area contributed by atoms with Crippen LogP contribution in [0.2, 0.25) is 0 Å². The molecule has 2 aromatic rings. The Labute approximate surface area is 124 Å². The fourth-order valence-corrected chi connectivity index (χ4v) is 1.97. The lowest BCUT2D eigenvalue weighted by molar-refractivity contribution is 0.145. The fraction of sp³-hybridized carbons (Fsp3) is 0.333. The maximum atomic E-state index is 5.74. The zero-order valence-electron chi connectivity index (χ0n) is 12.2. The van der Waals surface area contributed by atoms with Crippen molar-refractivity contribution in [1.82, 2.24) is 15.4 Å². The van der Waals surface area contributed by atoms with Crippen molar-refractivity contribution in [3.63, 3.8) is 0 Å². The lowest BCUT2D eigenvalue weighted by Gasteiger charge is -2.19. The van der Waals surface area contributed by atoms with Crippen LogP contribution in [0.5, 0.6) is 5.75 Å². The van der Waals surface area contributed by atoms with Crippen molar-refractivity contribution in [1.29, 1.82) is 0 Å². The van der Waals surface area contributed by atoms with Gasteiger partial charge in [-0.05, 0) is 13.0 Å². The molecule has 0 bridgehead atoms. The SMILES string of the molecule is COCCOc1ccccc1C(NN)c1cnc(C)cn1. The number of aryl methyl sites for hydroxylation is 1. The van der Waals surface area contributed by atoms with Gasteiger partial charge in [0.2, 0.25) is 0 Å². The Morgan fingerprint density at radius 1 is 1.19 bits per heavy atom. The van der Waals surface area contributed by atoms with Gasteiger partial charge in [0, 0.05) is 18.9 Å². The Hall–Kier alpha value is -2.02. The first-order chi connectivity index (χ1) is 10.3. The topological polar surface area (TPSA) is 82.3 Å². The average Bonchev–Trinajstić information content (AvgIpc) is 2.51. The van der Waals surface area contributed by atoms with Crippen molar-refractivity contribution >= 4 is 0 Å². The van der Waals surface area contributed by atoms with Gasteiger partial charge in [0.05, 0.1) is 30.2 Å². The molecule has 0 aliphatic heterocycles. The van der Waals surface area contributed by atoms with E-state index in [9.17, 15) is 0 Å². The molecule has 6 nitrogen and oxygen atoms in total. The predicted molar refractivity (Wildman–Crippen MR) is 79.7 cm³/mol. The van der Waals surface area contributed by atoms with Crippen LogP contribution in [0.3, 0.4) is 0 Å². The molecule has 1 aromatic heterocycles. The normalized spacial score (nSPS) is 12.1. The molecule has 0 fully saturated rings. The van der Waals surface area contributed by atoms with Crippen LogP contribution in [0.25, 0.3) is 0 Å². The number of benzene rings is 1. The van der Waals surface area contributed by atoms with Crippen molar-refractivity contribution < 1.29 is 9.47 Å². The van der Waals surface area contributed by atoms with Crippen molar-refractivity contribution in [2.45, 2.75) is 13.0 Å². The second-order valence-corrected chi connectivity index (χ2v) is 4.56. The lowest BCUT2D eigenvalue weighted by atomic mass is 10.0. The minimum absolute atomic E-state index is 0.281. The molecule has 0 spiro atoms. The Morgan fingerprint density at radius 2 is 2.00 bits per heavy atom. The summed E-state index contributed by atoms with van der Waals surface area (Å²) in [6, 6.07) is 7.42. The second kappa shape index (κ2) is 7.68. The summed E-state index contributed by atoms with van der Waals surface area (Å²) in [5.41, 5.74) is 5.28. The van der Waals surface area contributed by atoms with Crippen LogP contribution in [0.4, 0.5) is 0 Å². The highest BCUT2D eigenvalue weighted by atomic mass is 16.5. The third kappa shape index (κ3) is 3.98. The molecule has 21 heavy (non-hydrogen) atoms. The van der Waals surface area contributed by atoms with Gasteiger partial charge in [-0.3, -0.25) is 15.8 Å². The van der Waals surface area contributed by atoms with Crippen LogP contribution in [-0.2, 0) is 4.74 Å². The molecule has 0 amide bonds. The fourth-order valence-electron chi connectivity index (χ4n) is 1.97. The summed E-state index contributed by atoms with van der Waals surface area (Å²) in [5, 5.41) is 0. The van der Waals surface area contributed by atoms with E-state index in [1.54, 1.807) is 19.5 Å². The lowest BCUT2D eigenvalue weighted by Crippen LogP contribution is -2.30. The number of methoxy groups -OCH3 is 1. The maximum Gasteiger partial charge on any atom is 0.124 e. The standard InChI is InChI=1S/C15H20N4O2/c1-11-9-18-13(10-17-11)15(19-16)12-5-3-4-6-14(12)21-8-7-20-2/h3-6,9-10,15,19H,7-8,16H2,1-2H3. The van der Waals surface area contributed by atoms with E-state index in [1.165, 1.54) is 0 Å². The highest BCUT2D eigenvalue weighted by Crippen LogP contribution is 2.28. The average molecular weight is 288 g/mol. The number of hydrogen-bond acceptors (Lipinski definition) is 6. The summed E-state index contributed by atoms with van der Waals surface area (Å²) in [6.45, 7) is 2.90. The van der Waals surface area contributed by atoms with E-state index >= 15 is 0 Å². The number of ether oxygens (including phenoxy) is 2. The van der Waals surface area contributed by atoms with Gasteiger partial charge in [-0.25, -0.2) is 5.43 Å². The van der Waals surface area contributed by atoms with Gasteiger partial charge in [-0.2, -0.15) is 0 Å². The van der Waals surface area contributed by atoms with Gasteiger partial charge in [0.25, 0.3) is 0 Å². The minimum atomic E-state index is -0.281. The van der Waals surface area contributed by atoms with Crippen LogP contribution in [0.1, 0.15) is 23.0 Å². The molecule has 6 heteroatoms. The van der Waals surface area contributed by atoms with Gasteiger partial charge >= 0.3 is 0 Å². The number of aromatic nitrogens is 2. The van der Waals surface area contributed by atoms with E-state index in [-0.39, 0.29) is 6.04 Å². The van der Waals surface area contributed by atoms with Crippen LogP contribution < -0.4 is 16.0 Å². The Balaban J connectivity index is 2.27. The van der Waals surface area contributed by atoms with E-state index < -0.39 is 0 Å². The van der Waals surface area contributed by atoms with E-state index in [0.29, 0.717) is 13.2 Å². The van der Waals surface area contributed by atoms with Gasteiger partial charge in [-0.15, -0.1) is 0 Å². The van der Waals surface area contributed by atoms with Gasteiger partial charge in [-0.1, -0.05) is 18.2 Å². The Bertz CT molecular complexity index is 560. The molecule has 0 saturated carbocycles. The first-order valence-electron chi connectivity index (χ1n) is 6.71. The van der Waals surface area contributed by atoms with Crippen molar-refractivity contribution in [2.75, 3.05) is 20.3 Å². The molecular formula is C15H20N4O2. The van der Waals surface area contributed by atoms with Crippen molar-refractivity contribution in [2.24, 2.45) is 5.84 Å². The Kier molecular flexibility index (Phi) is 5.62. The third-order valence-corrected chi connectivity index (χ3v) is 3.04. The molecule has 0 radical (unpaired) electrons. The number of rotatable bonds is 7. The maximum absolute atomic E-state index is 5.74. The number of nitrogens with one attached hydrogen (secondary N) is 1. The van der Waals surface area contributed by atoms with Crippen LogP contribution in [-0.4, -0.2) is 30.3 Å². The summed E-state index contributed by atoms with van der Waals surface area (Å²) in [5.74, 6) is 6.45. The van der Waals surface area contributed by atoms with Crippen molar-refractivity contribution in [3.8, 4) is 5.75 Å². The molecule has 0 aliphatic rings. The summed E-state index contributed by atoms with van der Waals surface area (Å²) in [6.07, 6.45) is 3.43. The number of nitrogens with two attached hydrogens (primary N) is 1. The summed E-state index contributed by atoms with van der Waals surface area (Å²) in [4.78, 5) is 8.64. The monoisotopic (exact) mass is 288 g/mol. The molecular weight excluding hydrogens is 268 g/mol. The number of nitrogens with zero attached hydrogens (tertiary/aromatic N) is 2. The molecule has 2 rings (SSSR count). The molecule has 1 aromatic carbocycles. The van der Waals surface area contributed by atoms with Gasteiger partial charge in [0.15, 0.2) is 0 Å². The van der Waals surface area contributed by atoms with Gasteiger partial charge in [0.1, 0.15) is 12.4 Å².